The molecule has 0 bridgehead atoms. The number of carbonyl (C=O) groups excluding carboxylic acids is 2. The maximum atomic E-state index is 12.1. The number of imide groups is 1. The van der Waals surface area contributed by atoms with Crippen molar-refractivity contribution in [3.63, 3.8) is 0 Å². The lowest BCUT2D eigenvalue weighted by atomic mass is 10.3. The highest BCUT2D eigenvalue weighted by atomic mass is 16.6. The molecule has 0 aromatic carbocycles. The summed E-state index contributed by atoms with van der Waals surface area (Å²) in [6.07, 6.45) is 7.76. The van der Waals surface area contributed by atoms with Gasteiger partial charge in [0.15, 0.2) is 5.75 Å². The van der Waals surface area contributed by atoms with Crippen LogP contribution in [0.15, 0.2) is 30.4 Å². The molecule has 0 saturated heterocycles. The Labute approximate surface area is 128 Å². The minimum atomic E-state index is -0.340. The Balaban J connectivity index is 1.72. The smallest absolute Gasteiger partial charge is 0.257 e. The molecule has 1 aromatic rings. The predicted molar refractivity (Wildman–Crippen MR) is 79.4 cm³/mol. The van der Waals surface area contributed by atoms with Crippen LogP contribution in [0, 0.1) is 0 Å². The van der Waals surface area contributed by atoms with Crippen molar-refractivity contribution in [1.29, 1.82) is 0 Å². The van der Waals surface area contributed by atoms with Gasteiger partial charge in [0.2, 0.25) is 0 Å². The number of allylic oxidation sites excluding steroid dienone is 1. The van der Waals surface area contributed by atoms with Crippen molar-refractivity contribution < 1.29 is 19.1 Å². The Kier molecular flexibility index (Phi) is 4.18. The Bertz CT molecular complexity index is 652. The molecule has 1 aromatic heterocycles. The van der Waals surface area contributed by atoms with E-state index >= 15 is 0 Å². The molecule has 2 aliphatic heterocycles. The highest BCUT2D eigenvalue weighted by molar-refractivity contribution is 6.06. The number of fused-ring (bicyclic) bond motifs is 1. The molecule has 0 atom stereocenters. The average molecular weight is 300 g/mol. The summed E-state index contributed by atoms with van der Waals surface area (Å²) in [4.78, 5) is 29.4. The van der Waals surface area contributed by atoms with Gasteiger partial charge in [-0.25, -0.2) is 4.98 Å². The van der Waals surface area contributed by atoms with Gasteiger partial charge < -0.3 is 9.47 Å². The number of nitrogens with zero attached hydrogens (tertiary/aromatic N) is 2. The molecule has 0 spiro atoms. The molecule has 0 aliphatic carbocycles. The summed E-state index contributed by atoms with van der Waals surface area (Å²) in [6.45, 7) is 1.40. The largest absolute Gasteiger partial charge is 0.484 e. The summed E-state index contributed by atoms with van der Waals surface area (Å²) < 4.78 is 10.8. The zero-order valence-corrected chi connectivity index (χ0v) is 12.0. The van der Waals surface area contributed by atoms with Crippen molar-refractivity contribution in [2.75, 3.05) is 19.8 Å². The van der Waals surface area contributed by atoms with Crippen molar-refractivity contribution in [2.24, 2.45) is 0 Å². The van der Waals surface area contributed by atoms with Gasteiger partial charge in [-0.15, -0.1) is 0 Å². The van der Waals surface area contributed by atoms with Crippen molar-refractivity contribution in [3.05, 3.63) is 36.1 Å². The van der Waals surface area contributed by atoms with Crippen LogP contribution >= 0.6 is 0 Å². The van der Waals surface area contributed by atoms with Crippen LogP contribution in [0.1, 0.15) is 18.5 Å². The minimum Gasteiger partial charge on any atom is -0.484 e. The van der Waals surface area contributed by atoms with E-state index in [2.05, 4.69) is 4.98 Å². The second-order valence-corrected chi connectivity index (χ2v) is 4.94. The summed E-state index contributed by atoms with van der Waals surface area (Å²) in [5.41, 5.74) is 0.579. The first-order chi connectivity index (χ1) is 10.7. The summed E-state index contributed by atoms with van der Waals surface area (Å²) in [5, 5.41) is 0. The third-order valence-corrected chi connectivity index (χ3v) is 3.37. The van der Waals surface area contributed by atoms with Crippen LogP contribution < -0.4 is 9.47 Å². The summed E-state index contributed by atoms with van der Waals surface area (Å²) in [7, 11) is 0. The molecular weight excluding hydrogens is 284 g/mol. The maximum absolute atomic E-state index is 12.1. The quantitative estimate of drug-likeness (QED) is 0.776. The van der Waals surface area contributed by atoms with Crippen LogP contribution in [0.3, 0.4) is 0 Å². The predicted octanol–water partition coefficient (Wildman–Crippen LogP) is 1.57. The van der Waals surface area contributed by atoms with Gasteiger partial charge in [-0.3, -0.25) is 14.5 Å². The fourth-order valence-corrected chi connectivity index (χ4v) is 2.26. The van der Waals surface area contributed by atoms with E-state index in [1.807, 2.05) is 0 Å². The molecule has 0 fully saturated rings. The fourth-order valence-electron chi connectivity index (χ4n) is 2.26. The van der Waals surface area contributed by atoms with Gasteiger partial charge in [0.25, 0.3) is 17.7 Å². The third kappa shape index (κ3) is 3.16. The zero-order valence-electron chi connectivity index (χ0n) is 12.0. The third-order valence-electron chi connectivity index (χ3n) is 3.37. The normalized spacial score (nSPS) is 17.6. The van der Waals surface area contributed by atoms with E-state index in [4.69, 9.17) is 9.47 Å². The zero-order chi connectivity index (χ0) is 15.4. The van der Waals surface area contributed by atoms with Crippen LogP contribution in [-0.4, -0.2) is 41.5 Å². The van der Waals surface area contributed by atoms with E-state index in [9.17, 15) is 9.59 Å². The topological polar surface area (TPSA) is 68.7 Å². The Morgan fingerprint density at radius 1 is 1.27 bits per heavy atom. The van der Waals surface area contributed by atoms with E-state index in [0.29, 0.717) is 37.1 Å². The van der Waals surface area contributed by atoms with Gasteiger partial charge in [-0.05, 0) is 37.1 Å². The van der Waals surface area contributed by atoms with E-state index in [1.54, 1.807) is 24.3 Å². The number of hydrogen-bond acceptors (Lipinski definition) is 5. The molecular formula is C16H16N2O4. The Morgan fingerprint density at radius 3 is 3.05 bits per heavy atom. The lowest BCUT2D eigenvalue weighted by molar-refractivity contribution is -0.138. The highest BCUT2D eigenvalue weighted by Crippen LogP contribution is 2.27. The average Bonchev–Trinajstić information content (AvgIpc) is 2.77. The fraction of sp³-hybridized carbons (Fsp3) is 0.312. The lowest BCUT2D eigenvalue weighted by Gasteiger charge is -2.17. The molecule has 0 radical (unpaired) electrons. The lowest BCUT2D eigenvalue weighted by Crippen LogP contribution is -2.34. The number of rotatable bonds is 2. The van der Waals surface area contributed by atoms with Crippen molar-refractivity contribution in [2.45, 2.75) is 12.8 Å². The van der Waals surface area contributed by atoms with Crippen LogP contribution in [0.5, 0.6) is 11.6 Å². The first kappa shape index (κ1) is 14.3. The van der Waals surface area contributed by atoms with E-state index < -0.39 is 0 Å². The number of hydrogen-bond donors (Lipinski definition) is 0. The summed E-state index contributed by atoms with van der Waals surface area (Å²) >= 11 is 0. The minimum absolute atomic E-state index is 0.276. The van der Waals surface area contributed by atoms with Crippen LogP contribution in [0.2, 0.25) is 0 Å². The number of amides is 2. The standard InChI is InChI=1S/C16H16N2O4/c19-14-4-2-1-3-9-18(14)15(20)8-6-12-5-7-13-16(17-12)22-11-10-21-13/h2,4-8H,1,3,9-11H2. The van der Waals surface area contributed by atoms with Crippen LogP contribution in [0.4, 0.5) is 0 Å². The van der Waals surface area contributed by atoms with Gasteiger partial charge in [0, 0.05) is 12.6 Å². The van der Waals surface area contributed by atoms with Gasteiger partial charge >= 0.3 is 0 Å². The number of ether oxygens (including phenoxy) is 2. The molecule has 2 amide bonds. The van der Waals surface area contributed by atoms with E-state index in [0.717, 1.165) is 12.8 Å². The molecule has 6 nitrogen and oxygen atoms in total. The van der Waals surface area contributed by atoms with Crippen LogP contribution in [-0.2, 0) is 9.59 Å². The highest BCUT2D eigenvalue weighted by Gasteiger charge is 2.18. The van der Waals surface area contributed by atoms with Gasteiger partial charge in [0.05, 0.1) is 5.69 Å². The number of aromatic nitrogens is 1. The molecule has 6 heteroatoms. The van der Waals surface area contributed by atoms with Gasteiger partial charge in [-0.1, -0.05) is 6.08 Å². The monoisotopic (exact) mass is 300 g/mol. The number of carbonyl (C=O) groups is 2. The van der Waals surface area contributed by atoms with E-state index in [-0.39, 0.29) is 11.8 Å². The second-order valence-electron chi connectivity index (χ2n) is 4.94. The molecule has 0 N–H and O–H groups in total. The SMILES string of the molecule is O=C1C=CCCCN1C(=O)C=Cc1ccc2c(n1)OCCO2. The first-order valence-corrected chi connectivity index (χ1v) is 7.21. The van der Waals surface area contributed by atoms with Crippen molar-refractivity contribution in [3.8, 4) is 11.6 Å². The Morgan fingerprint density at radius 2 is 2.14 bits per heavy atom. The summed E-state index contributed by atoms with van der Waals surface area (Å²) in [5.74, 6) is 0.410. The maximum Gasteiger partial charge on any atom is 0.257 e. The molecule has 114 valence electrons. The molecule has 3 rings (SSSR count). The number of pyridine rings is 1. The van der Waals surface area contributed by atoms with Gasteiger partial charge in [0.1, 0.15) is 13.2 Å². The molecule has 0 unspecified atom stereocenters. The molecule has 22 heavy (non-hydrogen) atoms. The molecule has 2 aliphatic rings. The first-order valence-electron chi connectivity index (χ1n) is 7.21. The molecule has 3 heterocycles. The second kappa shape index (κ2) is 6.43. The van der Waals surface area contributed by atoms with Crippen molar-refractivity contribution in [1.82, 2.24) is 9.88 Å². The van der Waals surface area contributed by atoms with Crippen LogP contribution in [0.25, 0.3) is 6.08 Å². The van der Waals surface area contributed by atoms with Crippen molar-refractivity contribution >= 4 is 17.9 Å². The molecule has 0 saturated carbocycles. The Hall–Kier alpha value is -2.63. The summed E-state index contributed by atoms with van der Waals surface area (Å²) in [6, 6.07) is 3.49. The van der Waals surface area contributed by atoms with Gasteiger partial charge in [-0.2, -0.15) is 0 Å². The van der Waals surface area contributed by atoms with E-state index in [1.165, 1.54) is 17.1 Å².